The molecule has 0 aliphatic rings. The molecule has 0 radical (unpaired) electrons. The van der Waals surface area contributed by atoms with Gasteiger partial charge in [0.2, 0.25) is 0 Å². The minimum atomic E-state index is -0.444. The first-order valence-electron chi connectivity index (χ1n) is 5.82. The van der Waals surface area contributed by atoms with Gasteiger partial charge in [0.05, 0.1) is 0 Å². The average molecular weight is 241 g/mol. The van der Waals surface area contributed by atoms with Gasteiger partial charge in [-0.15, -0.1) is 0 Å². The largest absolute Gasteiger partial charge is 0.396 e. The minimum Gasteiger partial charge on any atom is -0.396 e. The number of nitrogen functional groups attached to an aromatic ring is 1. The van der Waals surface area contributed by atoms with E-state index in [-0.39, 0.29) is 18.0 Å². The molecule has 0 saturated carbocycles. The van der Waals surface area contributed by atoms with Gasteiger partial charge in [0.25, 0.3) is 5.56 Å². The second-order valence-electron chi connectivity index (χ2n) is 3.95. The van der Waals surface area contributed by atoms with Crippen molar-refractivity contribution in [2.24, 2.45) is 0 Å². The molecule has 0 fully saturated rings. The van der Waals surface area contributed by atoms with Crippen molar-refractivity contribution < 1.29 is 5.11 Å². The molecule has 0 aliphatic heterocycles. The Kier molecular flexibility index (Phi) is 4.96. The molecule has 6 heteroatoms. The zero-order chi connectivity index (χ0) is 12.8. The number of nitrogens with zero attached hydrogens (tertiary/aromatic N) is 2. The number of unbranched alkanes of at least 4 members (excludes halogenated alkanes) is 1. The normalized spacial score (nSPS) is 10.7. The molecule has 1 aromatic heterocycles. The summed E-state index contributed by atoms with van der Waals surface area (Å²) in [5, 5.41) is 8.68. The zero-order valence-corrected chi connectivity index (χ0v) is 10.1. The van der Waals surface area contributed by atoms with Crippen molar-refractivity contribution in [3.05, 3.63) is 27.0 Å². The summed E-state index contributed by atoms with van der Waals surface area (Å²) in [5.41, 5.74) is 4.89. The second kappa shape index (κ2) is 6.24. The van der Waals surface area contributed by atoms with Crippen LogP contribution in [0.4, 0.5) is 5.69 Å². The first kappa shape index (κ1) is 13.5. The van der Waals surface area contributed by atoms with E-state index in [1.54, 1.807) is 0 Å². The van der Waals surface area contributed by atoms with Gasteiger partial charge >= 0.3 is 5.69 Å². The third-order valence-corrected chi connectivity index (χ3v) is 2.52. The lowest BCUT2D eigenvalue weighted by Gasteiger charge is -2.10. The summed E-state index contributed by atoms with van der Waals surface area (Å²) in [6.45, 7) is 2.85. The first-order chi connectivity index (χ1) is 8.11. The maximum atomic E-state index is 11.9. The van der Waals surface area contributed by atoms with Crippen molar-refractivity contribution >= 4 is 5.69 Å². The lowest BCUT2D eigenvalue weighted by molar-refractivity contribution is 0.280. The van der Waals surface area contributed by atoms with Crippen LogP contribution in [0.2, 0.25) is 0 Å². The predicted molar refractivity (Wildman–Crippen MR) is 66.0 cm³/mol. The zero-order valence-electron chi connectivity index (χ0n) is 10.1. The van der Waals surface area contributed by atoms with Crippen LogP contribution >= 0.6 is 0 Å². The van der Waals surface area contributed by atoms with Crippen molar-refractivity contribution in [3.8, 4) is 0 Å². The fourth-order valence-corrected chi connectivity index (χ4v) is 1.66. The van der Waals surface area contributed by atoms with Gasteiger partial charge in [-0.2, -0.15) is 0 Å². The third-order valence-electron chi connectivity index (χ3n) is 2.52. The fourth-order valence-electron chi connectivity index (χ4n) is 1.66. The van der Waals surface area contributed by atoms with E-state index in [0.29, 0.717) is 25.9 Å². The number of aromatic nitrogens is 2. The number of rotatable bonds is 6. The number of aliphatic hydroxyl groups is 1. The van der Waals surface area contributed by atoms with E-state index < -0.39 is 5.56 Å². The summed E-state index contributed by atoms with van der Waals surface area (Å²) >= 11 is 0. The Morgan fingerprint density at radius 3 is 2.59 bits per heavy atom. The summed E-state index contributed by atoms with van der Waals surface area (Å²) in [6, 6.07) is 0. The fraction of sp³-hybridized carbons (Fsp3) is 0.636. The monoisotopic (exact) mass is 241 g/mol. The molecule has 1 rings (SSSR count). The molecule has 1 heterocycles. The Hall–Kier alpha value is -1.56. The Balaban J connectivity index is 3.09. The van der Waals surface area contributed by atoms with Crippen LogP contribution in [0.5, 0.6) is 0 Å². The highest BCUT2D eigenvalue weighted by Crippen LogP contribution is 1.94. The summed E-state index contributed by atoms with van der Waals surface area (Å²) < 4.78 is 2.59. The van der Waals surface area contributed by atoms with Crippen LogP contribution in [-0.4, -0.2) is 20.8 Å². The number of hydrogen-bond donors (Lipinski definition) is 2. The number of aryl methyl sites for hydroxylation is 1. The molecule has 1 aromatic rings. The van der Waals surface area contributed by atoms with E-state index in [4.69, 9.17) is 10.8 Å². The molecule has 17 heavy (non-hydrogen) atoms. The van der Waals surface area contributed by atoms with Crippen molar-refractivity contribution in [1.82, 2.24) is 9.13 Å². The highest BCUT2D eigenvalue weighted by atomic mass is 16.3. The van der Waals surface area contributed by atoms with Crippen LogP contribution in [0, 0.1) is 0 Å². The molecule has 0 saturated heterocycles. The molecule has 3 N–H and O–H groups in total. The molecular formula is C11H19N3O3. The molecule has 0 aliphatic carbocycles. The van der Waals surface area contributed by atoms with Crippen molar-refractivity contribution in [3.63, 3.8) is 0 Å². The van der Waals surface area contributed by atoms with Crippen LogP contribution in [0.15, 0.2) is 15.8 Å². The van der Waals surface area contributed by atoms with Gasteiger partial charge in [-0.05, 0) is 19.3 Å². The van der Waals surface area contributed by atoms with Crippen LogP contribution < -0.4 is 17.0 Å². The number of anilines is 1. The van der Waals surface area contributed by atoms with Gasteiger partial charge in [-0.25, -0.2) is 4.79 Å². The Bertz CT molecular complexity index is 476. The van der Waals surface area contributed by atoms with E-state index in [1.165, 1.54) is 10.8 Å². The van der Waals surface area contributed by atoms with Crippen LogP contribution in [-0.2, 0) is 13.1 Å². The molecule has 0 bridgehead atoms. The van der Waals surface area contributed by atoms with Gasteiger partial charge < -0.3 is 10.8 Å². The molecule has 0 aromatic carbocycles. The highest BCUT2D eigenvalue weighted by molar-refractivity contribution is 5.30. The van der Waals surface area contributed by atoms with Gasteiger partial charge in [0.1, 0.15) is 5.69 Å². The van der Waals surface area contributed by atoms with Gasteiger partial charge in [0, 0.05) is 25.9 Å². The van der Waals surface area contributed by atoms with E-state index >= 15 is 0 Å². The highest BCUT2D eigenvalue weighted by Gasteiger charge is 2.08. The van der Waals surface area contributed by atoms with E-state index in [1.807, 2.05) is 6.92 Å². The molecular weight excluding hydrogens is 222 g/mol. The Morgan fingerprint density at radius 1 is 1.29 bits per heavy atom. The SMILES string of the molecule is CCCn1cc(N)c(=O)n(CCCCO)c1=O. The number of aliphatic hydroxyl groups excluding tert-OH is 1. The van der Waals surface area contributed by atoms with Crippen molar-refractivity contribution in [2.45, 2.75) is 39.3 Å². The predicted octanol–water partition coefficient (Wildman–Crippen LogP) is -0.225. The minimum absolute atomic E-state index is 0.0558. The molecule has 0 unspecified atom stereocenters. The van der Waals surface area contributed by atoms with Gasteiger partial charge in [0.15, 0.2) is 0 Å². The van der Waals surface area contributed by atoms with Gasteiger partial charge in [-0.3, -0.25) is 13.9 Å². The Labute approximate surface area is 99.3 Å². The smallest absolute Gasteiger partial charge is 0.331 e. The molecule has 6 nitrogen and oxygen atoms in total. The van der Waals surface area contributed by atoms with Crippen molar-refractivity contribution in [1.29, 1.82) is 0 Å². The molecule has 0 spiro atoms. The van der Waals surface area contributed by atoms with E-state index in [9.17, 15) is 9.59 Å². The lowest BCUT2D eigenvalue weighted by atomic mass is 10.3. The van der Waals surface area contributed by atoms with Gasteiger partial charge in [-0.1, -0.05) is 6.92 Å². The number of nitrogens with two attached hydrogens (primary N) is 1. The summed E-state index contributed by atoms with van der Waals surface area (Å²) in [7, 11) is 0. The molecule has 0 atom stereocenters. The molecule has 96 valence electrons. The van der Waals surface area contributed by atoms with Crippen molar-refractivity contribution in [2.75, 3.05) is 12.3 Å². The second-order valence-corrected chi connectivity index (χ2v) is 3.95. The molecule has 0 amide bonds. The van der Waals surface area contributed by atoms with Crippen LogP contribution in [0.1, 0.15) is 26.2 Å². The van der Waals surface area contributed by atoms with E-state index in [2.05, 4.69) is 0 Å². The standard InChI is InChI=1S/C11H19N3O3/c1-2-5-13-8-9(12)10(16)14(11(13)17)6-3-4-7-15/h8,15H,2-7,12H2,1H3. The summed E-state index contributed by atoms with van der Waals surface area (Å²) in [4.78, 5) is 23.6. The van der Waals surface area contributed by atoms with E-state index in [0.717, 1.165) is 11.0 Å². The topological polar surface area (TPSA) is 90.2 Å². The third kappa shape index (κ3) is 3.20. The first-order valence-corrected chi connectivity index (χ1v) is 5.82. The Morgan fingerprint density at radius 2 is 2.00 bits per heavy atom. The average Bonchev–Trinajstić information content (AvgIpc) is 2.31. The maximum Gasteiger partial charge on any atom is 0.331 e. The van der Waals surface area contributed by atoms with Crippen LogP contribution in [0.25, 0.3) is 0 Å². The number of hydrogen-bond acceptors (Lipinski definition) is 4. The summed E-state index contributed by atoms with van der Waals surface area (Å²) in [5.74, 6) is 0. The lowest BCUT2D eigenvalue weighted by Crippen LogP contribution is -2.40. The maximum absolute atomic E-state index is 11.9. The summed E-state index contributed by atoms with van der Waals surface area (Å²) in [6.07, 6.45) is 3.35. The quantitative estimate of drug-likeness (QED) is 0.673. The van der Waals surface area contributed by atoms with Crippen LogP contribution in [0.3, 0.4) is 0 Å².